The molecule has 0 bridgehead atoms. The highest BCUT2D eigenvalue weighted by molar-refractivity contribution is 9.11. The lowest BCUT2D eigenvalue weighted by Crippen LogP contribution is -1.75. The summed E-state index contributed by atoms with van der Waals surface area (Å²) in [5.41, 5.74) is 0.872. The smallest absolute Gasteiger partial charge is 0.122 e. The molecule has 0 aromatic rings. The van der Waals surface area contributed by atoms with Gasteiger partial charge in [-0.2, -0.15) is 0 Å². The number of hydrogen-bond donors (Lipinski definition) is 1. The first kappa shape index (κ1) is 13.1. The van der Waals surface area contributed by atoms with Crippen LogP contribution in [0, 0.1) is 0 Å². The van der Waals surface area contributed by atoms with Crippen LogP contribution in [0.4, 0.5) is 0 Å². The maximum Gasteiger partial charge on any atom is 0.122 e. The average Bonchev–Trinajstić information content (AvgIpc) is 1.90. The van der Waals surface area contributed by atoms with Crippen LogP contribution in [0.3, 0.4) is 0 Å². The Balaban J connectivity index is 0. The molecule has 1 N–H and O–H groups in total. The fourth-order valence-electron chi connectivity index (χ4n) is 0.300. The Morgan fingerprint density at radius 1 is 1.36 bits per heavy atom. The van der Waals surface area contributed by atoms with Crippen molar-refractivity contribution in [3.05, 3.63) is 35.0 Å². The fraction of sp³-hybridized carbons (Fsp3) is 0.333. The van der Waals surface area contributed by atoms with Crippen LogP contribution in [-0.4, -0.2) is 5.11 Å². The van der Waals surface area contributed by atoms with Gasteiger partial charge in [0.2, 0.25) is 0 Å². The largest absolute Gasteiger partial charge is 0.507 e. The fourth-order valence-corrected chi connectivity index (χ4v) is 0.690. The van der Waals surface area contributed by atoms with E-state index >= 15 is 0 Å². The Hall–Kier alpha value is -0.500. The number of allylic oxidation sites excluding steroid dienone is 3. The number of hydrogen-bond acceptors (Lipinski definition) is 1. The highest BCUT2D eigenvalue weighted by atomic mass is 79.9. The molecule has 0 rings (SSSR count). The zero-order chi connectivity index (χ0) is 9.44. The molecule has 11 heavy (non-hydrogen) atoms. The van der Waals surface area contributed by atoms with Crippen molar-refractivity contribution >= 4 is 15.9 Å². The van der Waals surface area contributed by atoms with Gasteiger partial charge in [-0.1, -0.05) is 32.6 Å². The first-order chi connectivity index (χ1) is 5.04. The molecule has 0 saturated carbocycles. The van der Waals surface area contributed by atoms with Gasteiger partial charge in [0.15, 0.2) is 0 Å². The highest BCUT2D eigenvalue weighted by Gasteiger charge is 1.91. The lowest BCUT2D eigenvalue weighted by Gasteiger charge is -1.93. The summed E-state index contributed by atoms with van der Waals surface area (Å²) in [6.07, 6.45) is 1.70. The second-order valence-corrected chi connectivity index (χ2v) is 2.64. The SMILES string of the molecule is C=C(C)/C=C(/Br)C(=C)O.CC. The van der Waals surface area contributed by atoms with Crippen molar-refractivity contribution in [3.63, 3.8) is 0 Å². The molecular weight excluding hydrogens is 204 g/mol. The molecule has 1 nitrogen and oxygen atoms in total. The molecule has 0 fully saturated rings. The van der Waals surface area contributed by atoms with Crippen molar-refractivity contribution in [3.8, 4) is 0 Å². The van der Waals surface area contributed by atoms with Gasteiger partial charge in [0.1, 0.15) is 5.76 Å². The maximum absolute atomic E-state index is 8.72. The molecule has 0 aromatic carbocycles. The standard InChI is InChI=1S/C7H9BrO.C2H6/c1-5(2)4-7(8)6(3)9;1-2/h4,9H,1,3H2,2H3;1-2H3/b7-4+;. The van der Waals surface area contributed by atoms with E-state index in [0.29, 0.717) is 4.48 Å². The molecule has 0 radical (unpaired) electrons. The molecule has 0 spiro atoms. The summed E-state index contributed by atoms with van der Waals surface area (Å²) in [4.78, 5) is 0. The van der Waals surface area contributed by atoms with Crippen molar-refractivity contribution in [1.29, 1.82) is 0 Å². The van der Waals surface area contributed by atoms with E-state index in [1.807, 2.05) is 20.8 Å². The van der Waals surface area contributed by atoms with Gasteiger partial charge in [0, 0.05) is 0 Å². The molecule has 0 aliphatic rings. The van der Waals surface area contributed by atoms with E-state index in [1.165, 1.54) is 0 Å². The van der Waals surface area contributed by atoms with Crippen molar-refractivity contribution in [2.75, 3.05) is 0 Å². The Labute approximate surface area is 77.3 Å². The van der Waals surface area contributed by atoms with E-state index in [-0.39, 0.29) is 5.76 Å². The Morgan fingerprint density at radius 3 is 1.82 bits per heavy atom. The summed E-state index contributed by atoms with van der Waals surface area (Å²) in [5.74, 6) is 0.0259. The van der Waals surface area contributed by atoms with Gasteiger partial charge in [0.25, 0.3) is 0 Å². The van der Waals surface area contributed by atoms with Crippen LogP contribution in [0.5, 0.6) is 0 Å². The van der Waals surface area contributed by atoms with E-state index in [0.717, 1.165) is 5.57 Å². The van der Waals surface area contributed by atoms with Crippen LogP contribution in [0.15, 0.2) is 35.0 Å². The molecule has 0 aliphatic heterocycles. The van der Waals surface area contributed by atoms with Crippen LogP contribution in [0.2, 0.25) is 0 Å². The van der Waals surface area contributed by atoms with Crippen molar-refractivity contribution in [1.82, 2.24) is 0 Å². The molecule has 0 heterocycles. The van der Waals surface area contributed by atoms with Crippen LogP contribution < -0.4 is 0 Å². The number of halogens is 1. The lowest BCUT2D eigenvalue weighted by atomic mass is 10.3. The van der Waals surface area contributed by atoms with Crippen LogP contribution in [0.1, 0.15) is 20.8 Å². The van der Waals surface area contributed by atoms with Gasteiger partial charge >= 0.3 is 0 Å². The third-order valence-corrected chi connectivity index (χ3v) is 1.34. The van der Waals surface area contributed by atoms with Crippen molar-refractivity contribution in [2.45, 2.75) is 20.8 Å². The molecule has 0 aliphatic carbocycles. The molecular formula is C9H15BrO. The summed E-state index contributed by atoms with van der Waals surface area (Å²) in [6.45, 7) is 12.8. The van der Waals surface area contributed by atoms with Crippen molar-refractivity contribution in [2.24, 2.45) is 0 Å². The first-order valence-corrected chi connectivity index (χ1v) is 4.24. The first-order valence-electron chi connectivity index (χ1n) is 3.45. The molecule has 0 aromatic heterocycles. The van der Waals surface area contributed by atoms with Gasteiger partial charge in [-0.25, -0.2) is 0 Å². The second-order valence-electron chi connectivity index (χ2n) is 1.79. The molecule has 64 valence electrons. The summed E-state index contributed by atoms with van der Waals surface area (Å²) < 4.78 is 0.579. The average molecular weight is 219 g/mol. The minimum Gasteiger partial charge on any atom is -0.507 e. The maximum atomic E-state index is 8.72. The zero-order valence-electron chi connectivity index (χ0n) is 7.32. The summed E-state index contributed by atoms with van der Waals surface area (Å²) in [7, 11) is 0. The zero-order valence-corrected chi connectivity index (χ0v) is 8.90. The van der Waals surface area contributed by atoms with Crippen molar-refractivity contribution < 1.29 is 5.11 Å². The van der Waals surface area contributed by atoms with Gasteiger partial charge in [0.05, 0.1) is 4.48 Å². The number of aliphatic hydroxyl groups is 1. The van der Waals surface area contributed by atoms with Crippen LogP contribution in [-0.2, 0) is 0 Å². The quantitative estimate of drug-likeness (QED) is 0.550. The van der Waals surface area contributed by atoms with E-state index in [4.69, 9.17) is 5.11 Å². The Kier molecular flexibility index (Phi) is 9.07. The van der Waals surface area contributed by atoms with E-state index in [9.17, 15) is 0 Å². The van der Waals surface area contributed by atoms with E-state index in [1.54, 1.807) is 6.08 Å². The molecule has 2 heteroatoms. The van der Waals surface area contributed by atoms with Crippen LogP contribution >= 0.6 is 15.9 Å². The van der Waals surface area contributed by atoms with Gasteiger partial charge < -0.3 is 5.11 Å². The number of aliphatic hydroxyl groups excluding tert-OH is 1. The summed E-state index contributed by atoms with van der Waals surface area (Å²) in [5, 5.41) is 8.72. The highest BCUT2D eigenvalue weighted by Crippen LogP contribution is 2.13. The minimum atomic E-state index is 0.0259. The van der Waals surface area contributed by atoms with E-state index < -0.39 is 0 Å². The van der Waals surface area contributed by atoms with Gasteiger partial charge in [-0.05, 0) is 28.9 Å². The predicted octanol–water partition coefficient (Wildman–Crippen LogP) is 3.94. The summed E-state index contributed by atoms with van der Waals surface area (Å²) >= 11 is 3.09. The molecule has 0 amide bonds. The Morgan fingerprint density at radius 2 is 1.73 bits per heavy atom. The van der Waals surface area contributed by atoms with Gasteiger partial charge in [-0.15, -0.1) is 0 Å². The predicted molar refractivity (Wildman–Crippen MR) is 54.9 cm³/mol. The van der Waals surface area contributed by atoms with E-state index in [2.05, 4.69) is 29.1 Å². The minimum absolute atomic E-state index is 0.0259. The lowest BCUT2D eigenvalue weighted by molar-refractivity contribution is 0.433. The monoisotopic (exact) mass is 218 g/mol. The topological polar surface area (TPSA) is 20.2 Å². The Bertz CT molecular complexity index is 168. The number of rotatable bonds is 2. The molecule has 0 saturated heterocycles. The molecule has 0 atom stereocenters. The normalized spacial score (nSPS) is 9.64. The third-order valence-electron chi connectivity index (χ3n) is 0.649. The second kappa shape index (κ2) is 7.61. The third kappa shape index (κ3) is 9.50. The van der Waals surface area contributed by atoms with Gasteiger partial charge in [-0.3, -0.25) is 0 Å². The summed E-state index contributed by atoms with van der Waals surface area (Å²) in [6, 6.07) is 0. The van der Waals surface area contributed by atoms with Crippen LogP contribution in [0.25, 0.3) is 0 Å². The molecule has 0 unspecified atom stereocenters.